The first-order valence-electron chi connectivity index (χ1n) is 9.94. The van der Waals surface area contributed by atoms with E-state index in [-0.39, 0.29) is 17.9 Å². The topological polar surface area (TPSA) is 86.7 Å². The lowest BCUT2D eigenvalue weighted by Gasteiger charge is -2.33. The van der Waals surface area contributed by atoms with Crippen molar-refractivity contribution in [2.75, 3.05) is 0 Å². The smallest absolute Gasteiger partial charge is 0.326 e. The highest BCUT2D eigenvalue weighted by Crippen LogP contribution is 2.31. The Kier molecular flexibility index (Phi) is 5.09. The number of nitrogens with zero attached hydrogens (tertiary/aromatic N) is 1. The summed E-state index contributed by atoms with van der Waals surface area (Å²) in [6.07, 6.45) is 4.14. The molecule has 3 unspecified atom stereocenters. The maximum atomic E-state index is 13.2. The molecule has 0 bridgehead atoms. The number of nitrogens with one attached hydrogen (secondary N) is 1. The van der Waals surface area contributed by atoms with E-state index in [2.05, 4.69) is 5.32 Å². The molecule has 29 heavy (non-hydrogen) atoms. The van der Waals surface area contributed by atoms with Gasteiger partial charge in [0.05, 0.1) is 0 Å². The minimum Gasteiger partial charge on any atom is -0.480 e. The van der Waals surface area contributed by atoms with Gasteiger partial charge in [0.25, 0.3) is 5.91 Å². The maximum absolute atomic E-state index is 13.2. The molecule has 2 heterocycles. The van der Waals surface area contributed by atoms with Crippen molar-refractivity contribution >= 4 is 28.6 Å². The monoisotopic (exact) mass is 392 g/mol. The minimum atomic E-state index is -0.984. The molecule has 1 fully saturated rings. The van der Waals surface area contributed by atoms with Crippen molar-refractivity contribution in [1.82, 2.24) is 10.2 Å². The number of carbonyl (C=O) groups is 3. The van der Waals surface area contributed by atoms with Crippen LogP contribution in [0, 0.1) is 0 Å². The fourth-order valence-corrected chi connectivity index (χ4v) is 4.41. The van der Waals surface area contributed by atoms with E-state index in [1.165, 1.54) is 4.90 Å². The molecule has 2 aliphatic heterocycles. The molecule has 3 atom stereocenters. The highest BCUT2D eigenvalue weighted by molar-refractivity contribution is 6.01. The van der Waals surface area contributed by atoms with Gasteiger partial charge in [0.1, 0.15) is 12.1 Å². The molecule has 0 aliphatic carbocycles. The van der Waals surface area contributed by atoms with E-state index in [0.717, 1.165) is 16.3 Å². The lowest BCUT2D eigenvalue weighted by atomic mass is 9.98. The quantitative estimate of drug-likeness (QED) is 0.786. The Morgan fingerprint density at radius 1 is 1.10 bits per heavy atom. The molecule has 2 aromatic rings. The summed E-state index contributed by atoms with van der Waals surface area (Å²) >= 11 is 0. The zero-order chi connectivity index (χ0) is 20.5. The van der Waals surface area contributed by atoms with Crippen LogP contribution < -0.4 is 5.32 Å². The number of carboxylic acids is 1. The average molecular weight is 392 g/mol. The van der Waals surface area contributed by atoms with Gasteiger partial charge in [-0.05, 0) is 55.5 Å². The van der Waals surface area contributed by atoms with Gasteiger partial charge in [-0.1, -0.05) is 42.0 Å². The van der Waals surface area contributed by atoms with E-state index in [9.17, 15) is 19.5 Å². The van der Waals surface area contributed by atoms with Crippen molar-refractivity contribution < 1.29 is 19.5 Å². The Morgan fingerprint density at radius 2 is 1.86 bits per heavy atom. The molecule has 6 heteroatoms. The van der Waals surface area contributed by atoms with Gasteiger partial charge < -0.3 is 15.3 Å². The number of aliphatic carboxylic acids is 1. The number of rotatable bonds is 3. The zero-order valence-corrected chi connectivity index (χ0v) is 16.3. The second-order valence-corrected chi connectivity index (χ2v) is 7.91. The van der Waals surface area contributed by atoms with Crippen LogP contribution in [0.4, 0.5) is 0 Å². The van der Waals surface area contributed by atoms with Crippen LogP contribution in [0.15, 0.2) is 54.1 Å². The van der Waals surface area contributed by atoms with Crippen molar-refractivity contribution in [2.45, 2.75) is 50.7 Å². The molecule has 2 aromatic carbocycles. The van der Waals surface area contributed by atoms with Gasteiger partial charge in [0, 0.05) is 11.6 Å². The van der Waals surface area contributed by atoms with E-state index in [1.807, 2.05) is 43.3 Å². The van der Waals surface area contributed by atoms with Gasteiger partial charge in [-0.2, -0.15) is 0 Å². The molecule has 0 radical (unpaired) electrons. The van der Waals surface area contributed by atoms with E-state index in [0.29, 0.717) is 31.2 Å². The lowest BCUT2D eigenvalue weighted by molar-refractivity contribution is -0.150. The Labute approximate surface area is 169 Å². The SMILES string of the molecule is C/C1=C/CC(NC(=O)c2ccc3ccccc3c2)C(=O)N2C(CCC2C(=O)O)C1. The lowest BCUT2D eigenvalue weighted by Crippen LogP contribution is -2.54. The van der Waals surface area contributed by atoms with Crippen LogP contribution in [0.5, 0.6) is 0 Å². The van der Waals surface area contributed by atoms with Crippen molar-refractivity contribution in [2.24, 2.45) is 0 Å². The number of hydrogen-bond donors (Lipinski definition) is 2. The summed E-state index contributed by atoms with van der Waals surface area (Å²) < 4.78 is 0. The fourth-order valence-electron chi connectivity index (χ4n) is 4.41. The van der Waals surface area contributed by atoms with E-state index < -0.39 is 18.1 Å². The third-order valence-corrected chi connectivity index (χ3v) is 5.92. The third-order valence-electron chi connectivity index (χ3n) is 5.92. The van der Waals surface area contributed by atoms with Gasteiger partial charge in [0.15, 0.2) is 0 Å². The number of hydrogen-bond acceptors (Lipinski definition) is 3. The van der Waals surface area contributed by atoms with Crippen molar-refractivity contribution in [3.8, 4) is 0 Å². The van der Waals surface area contributed by atoms with Crippen LogP contribution in [0.2, 0.25) is 0 Å². The highest BCUT2D eigenvalue weighted by atomic mass is 16.4. The molecule has 2 amide bonds. The summed E-state index contributed by atoms with van der Waals surface area (Å²) in [4.78, 5) is 39.2. The molecule has 2 aliphatic rings. The highest BCUT2D eigenvalue weighted by Gasteiger charge is 2.43. The van der Waals surface area contributed by atoms with Crippen LogP contribution in [-0.4, -0.2) is 45.9 Å². The number of carbonyl (C=O) groups excluding carboxylic acids is 2. The fraction of sp³-hybridized carbons (Fsp3) is 0.348. The first kappa shape index (κ1) is 19.2. The average Bonchev–Trinajstić information content (AvgIpc) is 3.12. The predicted molar refractivity (Wildman–Crippen MR) is 109 cm³/mol. The molecule has 0 aromatic heterocycles. The number of benzene rings is 2. The number of fused-ring (bicyclic) bond motifs is 2. The van der Waals surface area contributed by atoms with Crippen molar-refractivity contribution in [1.29, 1.82) is 0 Å². The third kappa shape index (κ3) is 3.75. The molecule has 6 nitrogen and oxygen atoms in total. The summed E-state index contributed by atoms with van der Waals surface area (Å²) in [5, 5.41) is 14.4. The summed E-state index contributed by atoms with van der Waals surface area (Å²) in [5.41, 5.74) is 1.59. The van der Waals surface area contributed by atoms with Crippen molar-refractivity contribution in [3.05, 3.63) is 59.7 Å². The van der Waals surface area contributed by atoms with Gasteiger partial charge in [-0.15, -0.1) is 0 Å². The Hall–Kier alpha value is -3.15. The largest absolute Gasteiger partial charge is 0.480 e. The molecular weight excluding hydrogens is 368 g/mol. The van der Waals surface area contributed by atoms with E-state index >= 15 is 0 Å². The first-order valence-corrected chi connectivity index (χ1v) is 9.94. The summed E-state index contributed by atoms with van der Waals surface area (Å²) in [6.45, 7) is 1.99. The zero-order valence-electron chi connectivity index (χ0n) is 16.3. The van der Waals surface area contributed by atoms with E-state index in [1.54, 1.807) is 12.1 Å². The second kappa shape index (κ2) is 7.70. The Morgan fingerprint density at radius 3 is 2.62 bits per heavy atom. The number of carboxylic acid groups (broad SMARTS) is 1. The molecular formula is C23H24N2O4. The summed E-state index contributed by atoms with van der Waals surface area (Å²) in [7, 11) is 0. The van der Waals surface area contributed by atoms with Crippen LogP contribution in [-0.2, 0) is 9.59 Å². The van der Waals surface area contributed by atoms with Crippen molar-refractivity contribution in [3.63, 3.8) is 0 Å². The van der Waals surface area contributed by atoms with Gasteiger partial charge in [-0.25, -0.2) is 4.79 Å². The molecule has 4 rings (SSSR count). The van der Waals surface area contributed by atoms with E-state index in [4.69, 9.17) is 0 Å². The minimum absolute atomic E-state index is 0.125. The molecule has 0 saturated carbocycles. The van der Waals surface area contributed by atoms with Gasteiger partial charge >= 0.3 is 5.97 Å². The number of amides is 2. The predicted octanol–water partition coefficient (Wildman–Crippen LogP) is 3.12. The Bertz CT molecular complexity index is 1010. The standard InChI is InChI=1S/C23H24N2O4/c1-14-6-10-19(22(27)25-18(12-14)9-11-20(25)23(28)29)24-21(26)17-8-7-15-4-2-3-5-16(15)13-17/h2-8,13,18-20H,9-12H2,1H3,(H,24,26)(H,28,29)/b14-6-. The molecule has 1 saturated heterocycles. The van der Waals surface area contributed by atoms with Crippen LogP contribution >= 0.6 is 0 Å². The first-order chi connectivity index (χ1) is 13.9. The molecule has 150 valence electrons. The molecule has 2 N–H and O–H groups in total. The normalized spacial score (nSPS) is 26.2. The molecule has 0 spiro atoms. The van der Waals surface area contributed by atoms with Gasteiger partial charge in [0.2, 0.25) is 5.91 Å². The van der Waals surface area contributed by atoms with Crippen LogP contribution in [0.3, 0.4) is 0 Å². The van der Waals surface area contributed by atoms with Crippen LogP contribution in [0.1, 0.15) is 43.0 Å². The second-order valence-electron chi connectivity index (χ2n) is 7.91. The maximum Gasteiger partial charge on any atom is 0.326 e. The van der Waals surface area contributed by atoms with Crippen LogP contribution in [0.25, 0.3) is 10.8 Å². The van der Waals surface area contributed by atoms with Gasteiger partial charge in [-0.3, -0.25) is 9.59 Å². The Balaban J connectivity index is 1.60. The summed E-state index contributed by atoms with van der Waals surface area (Å²) in [6, 6.07) is 11.5. The summed E-state index contributed by atoms with van der Waals surface area (Å²) in [5.74, 6) is -1.62.